The van der Waals surface area contributed by atoms with Crippen LogP contribution in [0.5, 0.6) is 5.75 Å². The summed E-state index contributed by atoms with van der Waals surface area (Å²) in [7, 11) is -4.09. The highest BCUT2D eigenvalue weighted by Crippen LogP contribution is 2.36. The van der Waals surface area contributed by atoms with Crippen molar-refractivity contribution in [2.24, 2.45) is 5.41 Å². The zero-order valence-electron chi connectivity index (χ0n) is 14.4. The van der Waals surface area contributed by atoms with Gasteiger partial charge in [0.25, 0.3) is 0 Å². The van der Waals surface area contributed by atoms with E-state index in [4.69, 9.17) is 21.6 Å². The number of aliphatic hydroxyl groups excluding tert-OH is 1. The van der Waals surface area contributed by atoms with Gasteiger partial charge in [0.05, 0.1) is 24.2 Å². The first kappa shape index (κ1) is 20.5. The Bertz CT molecular complexity index is 1050. The Labute approximate surface area is 165 Å². The van der Waals surface area contributed by atoms with Crippen LogP contribution in [0.4, 0.5) is 8.78 Å². The first-order valence-corrected chi connectivity index (χ1v) is 9.91. The molecule has 0 amide bonds. The SMILES string of the molecule is N#Cc1ccc(OCC2(CO)CN(S(=O)(=O)c3ccc(Cl)cc3F)C2)cc1F. The van der Waals surface area contributed by atoms with Gasteiger partial charge in [0.1, 0.15) is 28.3 Å². The molecule has 0 atom stereocenters. The van der Waals surface area contributed by atoms with Crippen LogP contribution in [0, 0.1) is 28.4 Å². The van der Waals surface area contributed by atoms with Crippen molar-refractivity contribution >= 4 is 21.6 Å². The van der Waals surface area contributed by atoms with Gasteiger partial charge in [-0.1, -0.05) is 11.6 Å². The Morgan fingerprint density at radius 1 is 1.21 bits per heavy atom. The molecule has 1 aliphatic rings. The second-order valence-electron chi connectivity index (χ2n) is 6.55. The van der Waals surface area contributed by atoms with Gasteiger partial charge < -0.3 is 9.84 Å². The van der Waals surface area contributed by atoms with Gasteiger partial charge in [-0.25, -0.2) is 17.2 Å². The standard InChI is InChI=1S/C18H15ClF2N2O4S/c19-13-2-4-17(16(21)5-13)28(25,26)23-8-18(9-23,10-24)11-27-14-3-1-12(7-22)15(20)6-14/h1-6,24H,8-11H2. The van der Waals surface area contributed by atoms with Crippen molar-refractivity contribution in [3.05, 3.63) is 58.6 Å². The second kappa shape index (κ2) is 7.64. The molecule has 0 aromatic heterocycles. The van der Waals surface area contributed by atoms with E-state index in [0.717, 1.165) is 22.5 Å². The fourth-order valence-corrected chi connectivity index (χ4v) is 4.71. The number of hydrogen-bond donors (Lipinski definition) is 1. The Morgan fingerprint density at radius 3 is 2.50 bits per heavy atom. The molecule has 0 bridgehead atoms. The van der Waals surface area contributed by atoms with Crippen molar-refractivity contribution in [2.75, 3.05) is 26.3 Å². The summed E-state index contributed by atoms with van der Waals surface area (Å²) in [4.78, 5) is -0.501. The third-order valence-electron chi connectivity index (χ3n) is 4.48. The Balaban J connectivity index is 1.69. The van der Waals surface area contributed by atoms with Crippen molar-refractivity contribution in [2.45, 2.75) is 4.90 Å². The number of halogens is 3. The molecule has 148 valence electrons. The van der Waals surface area contributed by atoms with Crippen LogP contribution in [0.3, 0.4) is 0 Å². The molecule has 1 heterocycles. The number of rotatable bonds is 6. The topological polar surface area (TPSA) is 90.6 Å². The zero-order valence-corrected chi connectivity index (χ0v) is 16.0. The van der Waals surface area contributed by atoms with Gasteiger partial charge in [-0.3, -0.25) is 0 Å². The van der Waals surface area contributed by atoms with Crippen molar-refractivity contribution < 1.29 is 27.0 Å². The van der Waals surface area contributed by atoms with Crippen LogP contribution in [0.25, 0.3) is 0 Å². The molecule has 0 radical (unpaired) electrons. The van der Waals surface area contributed by atoms with Crippen molar-refractivity contribution in [1.82, 2.24) is 4.31 Å². The molecule has 0 aliphatic carbocycles. The van der Waals surface area contributed by atoms with E-state index in [0.29, 0.717) is 0 Å². The number of ether oxygens (including phenoxy) is 1. The molecule has 10 heteroatoms. The molecule has 0 unspecified atom stereocenters. The average Bonchev–Trinajstić information content (AvgIpc) is 2.60. The third kappa shape index (κ3) is 3.82. The van der Waals surface area contributed by atoms with Crippen LogP contribution >= 0.6 is 11.6 Å². The third-order valence-corrected chi connectivity index (χ3v) is 6.54. The maximum Gasteiger partial charge on any atom is 0.246 e. The van der Waals surface area contributed by atoms with Crippen LogP contribution < -0.4 is 4.74 Å². The molecule has 1 N–H and O–H groups in total. The summed E-state index contributed by atoms with van der Waals surface area (Å²) in [5.74, 6) is -1.55. The molecule has 2 aromatic carbocycles. The van der Waals surface area contributed by atoms with Crippen LogP contribution in [-0.2, 0) is 10.0 Å². The van der Waals surface area contributed by atoms with E-state index in [1.165, 1.54) is 18.2 Å². The van der Waals surface area contributed by atoms with E-state index in [9.17, 15) is 22.3 Å². The summed E-state index contributed by atoms with van der Waals surface area (Å²) < 4.78 is 59.3. The number of aliphatic hydroxyl groups is 1. The van der Waals surface area contributed by atoms with E-state index in [1.54, 1.807) is 6.07 Å². The minimum absolute atomic E-state index is 0.0767. The lowest BCUT2D eigenvalue weighted by Gasteiger charge is -2.47. The molecule has 0 saturated carbocycles. The zero-order chi connectivity index (χ0) is 20.5. The van der Waals surface area contributed by atoms with E-state index >= 15 is 0 Å². The van der Waals surface area contributed by atoms with Crippen molar-refractivity contribution in [1.29, 1.82) is 5.26 Å². The van der Waals surface area contributed by atoms with Gasteiger partial charge in [-0.2, -0.15) is 9.57 Å². The molecule has 28 heavy (non-hydrogen) atoms. The normalized spacial score (nSPS) is 16.2. The van der Waals surface area contributed by atoms with Gasteiger partial charge in [0, 0.05) is 24.2 Å². The smallest absolute Gasteiger partial charge is 0.246 e. The van der Waals surface area contributed by atoms with Gasteiger partial charge in [0.15, 0.2) is 0 Å². The van der Waals surface area contributed by atoms with Crippen LogP contribution in [0.15, 0.2) is 41.3 Å². The highest BCUT2D eigenvalue weighted by atomic mass is 35.5. The number of nitriles is 1. The van der Waals surface area contributed by atoms with Gasteiger partial charge in [-0.15, -0.1) is 0 Å². The number of hydrogen-bond acceptors (Lipinski definition) is 5. The van der Waals surface area contributed by atoms with Crippen LogP contribution in [0.1, 0.15) is 5.56 Å². The summed E-state index contributed by atoms with van der Waals surface area (Å²) in [6, 6.07) is 8.67. The highest BCUT2D eigenvalue weighted by molar-refractivity contribution is 7.89. The summed E-state index contributed by atoms with van der Waals surface area (Å²) in [6.45, 7) is -0.635. The first-order chi connectivity index (χ1) is 13.2. The second-order valence-corrected chi connectivity index (χ2v) is 8.89. The lowest BCUT2D eigenvalue weighted by atomic mass is 9.83. The van der Waals surface area contributed by atoms with Gasteiger partial charge >= 0.3 is 0 Å². The van der Waals surface area contributed by atoms with E-state index in [2.05, 4.69) is 0 Å². The molecule has 1 saturated heterocycles. The van der Waals surface area contributed by atoms with E-state index in [1.807, 2.05) is 0 Å². The Kier molecular flexibility index (Phi) is 5.59. The van der Waals surface area contributed by atoms with Gasteiger partial charge in [0.2, 0.25) is 10.0 Å². The minimum atomic E-state index is -4.09. The predicted molar refractivity (Wildman–Crippen MR) is 96.3 cm³/mol. The molecule has 3 rings (SSSR count). The average molecular weight is 429 g/mol. The predicted octanol–water partition coefficient (Wildman–Crippen LogP) is 2.55. The highest BCUT2D eigenvalue weighted by Gasteiger charge is 2.49. The number of benzene rings is 2. The van der Waals surface area contributed by atoms with Crippen LogP contribution in [-0.4, -0.2) is 44.1 Å². The molecular formula is C18H15ClF2N2O4S. The maximum atomic E-state index is 14.0. The quantitative estimate of drug-likeness (QED) is 0.763. The van der Waals surface area contributed by atoms with Crippen molar-refractivity contribution in [3.63, 3.8) is 0 Å². The largest absolute Gasteiger partial charge is 0.493 e. The minimum Gasteiger partial charge on any atom is -0.493 e. The molecule has 0 spiro atoms. The number of nitrogens with zero attached hydrogens (tertiary/aromatic N) is 2. The maximum absolute atomic E-state index is 14.0. The molecule has 1 aliphatic heterocycles. The van der Waals surface area contributed by atoms with Gasteiger partial charge in [-0.05, 0) is 30.3 Å². The van der Waals surface area contributed by atoms with Crippen LogP contribution in [0.2, 0.25) is 5.02 Å². The lowest BCUT2D eigenvalue weighted by Crippen LogP contribution is -2.62. The Morgan fingerprint density at radius 2 is 1.93 bits per heavy atom. The molecule has 2 aromatic rings. The molecule has 6 nitrogen and oxygen atoms in total. The summed E-state index contributed by atoms with van der Waals surface area (Å²) in [5.41, 5.74) is -1.03. The first-order valence-electron chi connectivity index (χ1n) is 8.09. The monoisotopic (exact) mass is 428 g/mol. The molecule has 1 fully saturated rings. The van der Waals surface area contributed by atoms with E-state index < -0.39 is 32.0 Å². The summed E-state index contributed by atoms with van der Waals surface area (Å²) in [6.07, 6.45) is 0. The summed E-state index contributed by atoms with van der Waals surface area (Å²) in [5, 5.41) is 18.5. The molecular weight excluding hydrogens is 414 g/mol. The number of sulfonamides is 1. The fraction of sp³-hybridized carbons (Fsp3) is 0.278. The lowest BCUT2D eigenvalue weighted by molar-refractivity contribution is -0.0273. The van der Waals surface area contributed by atoms with E-state index in [-0.39, 0.29) is 42.6 Å². The Hall–Kier alpha value is -2.25. The summed E-state index contributed by atoms with van der Waals surface area (Å²) >= 11 is 5.65. The fourth-order valence-electron chi connectivity index (χ4n) is 2.84. The van der Waals surface area contributed by atoms with Crippen molar-refractivity contribution in [3.8, 4) is 11.8 Å².